The zero-order chi connectivity index (χ0) is 18.3. The van der Waals surface area contributed by atoms with E-state index in [-0.39, 0.29) is 17.5 Å². The number of hydrogen-bond donors (Lipinski definition) is 1. The van der Waals surface area contributed by atoms with Crippen molar-refractivity contribution in [2.24, 2.45) is 0 Å². The van der Waals surface area contributed by atoms with E-state index in [1.807, 2.05) is 32.0 Å². The Hall–Kier alpha value is -3.39. The first kappa shape index (κ1) is 16.1. The van der Waals surface area contributed by atoms with Crippen LogP contribution < -0.4 is 10.3 Å². The summed E-state index contributed by atoms with van der Waals surface area (Å²) in [5, 5.41) is 10.1. The molecule has 1 aromatic heterocycles. The average Bonchev–Trinajstić information content (AvgIpc) is 3.00. The number of fused-ring (bicyclic) bond motifs is 2. The highest BCUT2D eigenvalue weighted by atomic mass is 16.5. The van der Waals surface area contributed by atoms with Crippen LogP contribution in [-0.4, -0.2) is 16.1 Å². The number of para-hydroxylation sites is 1. The smallest absolute Gasteiger partial charge is 0.259 e. The molecule has 0 radical (unpaired) electrons. The summed E-state index contributed by atoms with van der Waals surface area (Å²) in [4.78, 5) is 19.4. The lowest BCUT2D eigenvalue weighted by Gasteiger charge is -2.07. The van der Waals surface area contributed by atoms with Crippen LogP contribution in [0, 0.1) is 18.3 Å². The number of H-pyrrole nitrogens is 1. The first-order chi connectivity index (χ1) is 12.5. The van der Waals surface area contributed by atoms with Gasteiger partial charge in [0.2, 0.25) is 0 Å². The van der Waals surface area contributed by atoms with Crippen molar-refractivity contribution < 1.29 is 4.74 Å². The average molecular weight is 343 g/mol. The molecule has 1 N–H and O–H groups in total. The van der Waals surface area contributed by atoms with Crippen LogP contribution in [0.2, 0.25) is 0 Å². The Kier molecular flexibility index (Phi) is 3.81. The van der Waals surface area contributed by atoms with E-state index in [0.717, 1.165) is 28.9 Å². The van der Waals surface area contributed by atoms with E-state index in [1.165, 1.54) is 0 Å². The molecule has 0 saturated carbocycles. The fraction of sp³-hybridized carbons (Fsp3) is 0.190. The van der Waals surface area contributed by atoms with Gasteiger partial charge in [0.05, 0.1) is 16.5 Å². The van der Waals surface area contributed by atoms with E-state index in [1.54, 1.807) is 24.3 Å². The minimum absolute atomic E-state index is 0.164. The van der Waals surface area contributed by atoms with Crippen molar-refractivity contribution in [3.05, 3.63) is 69.3 Å². The number of aryl methyl sites for hydroxylation is 1. The van der Waals surface area contributed by atoms with Gasteiger partial charge < -0.3 is 9.72 Å². The molecule has 2 heterocycles. The second-order valence-electron chi connectivity index (χ2n) is 6.56. The Morgan fingerprint density at radius 1 is 1.38 bits per heavy atom. The van der Waals surface area contributed by atoms with Gasteiger partial charge in [0.25, 0.3) is 5.56 Å². The Bertz CT molecular complexity index is 1150. The molecular weight excluding hydrogens is 326 g/mol. The maximum absolute atomic E-state index is 12.3. The number of aromatic amines is 1. The van der Waals surface area contributed by atoms with Crippen LogP contribution in [0.3, 0.4) is 0 Å². The Balaban J connectivity index is 1.82. The molecule has 0 unspecified atom stereocenters. The summed E-state index contributed by atoms with van der Waals surface area (Å²) in [6.45, 7) is 4.04. The molecule has 5 heteroatoms. The number of aromatic nitrogens is 2. The molecule has 128 valence electrons. The highest BCUT2D eigenvalue weighted by Gasteiger charge is 2.21. The molecular formula is C21H17N3O2. The predicted octanol–water partition coefficient (Wildman–Crippen LogP) is 3.62. The number of nitriles is 1. The lowest BCUT2D eigenvalue weighted by molar-refractivity contribution is 0.253. The fourth-order valence-electron chi connectivity index (χ4n) is 3.37. The molecule has 2 aromatic carbocycles. The Labute approximate surface area is 150 Å². The van der Waals surface area contributed by atoms with Crippen molar-refractivity contribution in [3.63, 3.8) is 0 Å². The normalized spacial score (nSPS) is 16.2. The van der Waals surface area contributed by atoms with Gasteiger partial charge in [0, 0.05) is 6.42 Å². The van der Waals surface area contributed by atoms with E-state index >= 15 is 0 Å². The number of ether oxygens (including phenoxy) is 1. The van der Waals surface area contributed by atoms with Gasteiger partial charge in [-0.3, -0.25) is 4.79 Å². The second-order valence-corrected chi connectivity index (χ2v) is 6.56. The number of nitrogens with one attached hydrogen (secondary N) is 1. The van der Waals surface area contributed by atoms with E-state index in [2.05, 4.69) is 16.0 Å². The molecule has 0 fully saturated rings. The molecule has 0 bridgehead atoms. The van der Waals surface area contributed by atoms with Crippen LogP contribution in [0.5, 0.6) is 5.75 Å². The molecule has 3 aromatic rings. The predicted molar refractivity (Wildman–Crippen MR) is 101 cm³/mol. The van der Waals surface area contributed by atoms with E-state index in [4.69, 9.17) is 4.74 Å². The standard InChI is InChI=1S/C21H17N3O2/c1-12-7-14(9-15-8-13(2)26-19(12)15)10-16(11-22)20-23-18-6-4-3-5-17(18)21(25)24-20/h3-7,9-10,13H,8H2,1-2H3,(H,23,24,25)/b16-10+/t13-/m1/s1. The number of nitrogens with zero attached hydrogens (tertiary/aromatic N) is 2. The highest BCUT2D eigenvalue weighted by molar-refractivity contribution is 5.89. The lowest BCUT2D eigenvalue weighted by Crippen LogP contribution is -2.11. The molecule has 0 aliphatic carbocycles. The quantitative estimate of drug-likeness (QED) is 0.721. The second kappa shape index (κ2) is 6.16. The van der Waals surface area contributed by atoms with Crippen molar-refractivity contribution in [1.29, 1.82) is 5.26 Å². The van der Waals surface area contributed by atoms with E-state index in [9.17, 15) is 10.1 Å². The van der Waals surface area contributed by atoms with Gasteiger partial charge in [0.15, 0.2) is 5.82 Å². The first-order valence-electron chi connectivity index (χ1n) is 8.46. The fourth-order valence-corrected chi connectivity index (χ4v) is 3.37. The van der Waals surface area contributed by atoms with Crippen molar-refractivity contribution >= 4 is 22.6 Å². The Morgan fingerprint density at radius 2 is 2.19 bits per heavy atom. The zero-order valence-corrected chi connectivity index (χ0v) is 14.5. The molecule has 0 saturated heterocycles. The van der Waals surface area contributed by atoms with Gasteiger partial charge in [-0.1, -0.05) is 12.1 Å². The van der Waals surface area contributed by atoms with Crippen LogP contribution in [-0.2, 0) is 6.42 Å². The van der Waals surface area contributed by atoms with Crippen LogP contribution in [0.25, 0.3) is 22.6 Å². The summed E-state index contributed by atoms with van der Waals surface area (Å²) >= 11 is 0. The SMILES string of the molecule is Cc1cc(/C=C(\C#N)c2nc3ccccc3c(=O)[nH]2)cc2c1O[C@H](C)C2. The van der Waals surface area contributed by atoms with E-state index < -0.39 is 0 Å². The molecule has 5 nitrogen and oxygen atoms in total. The summed E-state index contributed by atoms with van der Waals surface area (Å²) in [5.74, 6) is 1.21. The summed E-state index contributed by atoms with van der Waals surface area (Å²) in [7, 11) is 0. The number of allylic oxidation sites excluding steroid dienone is 1. The summed E-state index contributed by atoms with van der Waals surface area (Å²) in [6.07, 6.45) is 2.77. The minimum Gasteiger partial charge on any atom is -0.490 e. The maximum atomic E-state index is 12.3. The molecule has 0 amide bonds. The molecule has 1 aliphatic rings. The van der Waals surface area contributed by atoms with Gasteiger partial charge in [-0.05, 0) is 60.9 Å². The topological polar surface area (TPSA) is 78.8 Å². The lowest BCUT2D eigenvalue weighted by atomic mass is 10.0. The van der Waals surface area contributed by atoms with Crippen LogP contribution >= 0.6 is 0 Å². The Morgan fingerprint density at radius 3 is 3.00 bits per heavy atom. The largest absolute Gasteiger partial charge is 0.490 e. The third-order valence-electron chi connectivity index (χ3n) is 4.50. The van der Waals surface area contributed by atoms with Gasteiger partial charge in [-0.2, -0.15) is 5.26 Å². The monoisotopic (exact) mass is 343 g/mol. The summed E-state index contributed by atoms with van der Waals surface area (Å²) in [5.41, 5.74) is 3.71. The van der Waals surface area contributed by atoms with Crippen LogP contribution in [0.15, 0.2) is 41.2 Å². The van der Waals surface area contributed by atoms with Gasteiger partial charge in [0.1, 0.15) is 17.9 Å². The molecule has 1 aliphatic heterocycles. The van der Waals surface area contributed by atoms with Crippen molar-refractivity contribution in [1.82, 2.24) is 9.97 Å². The molecule has 26 heavy (non-hydrogen) atoms. The number of rotatable bonds is 2. The summed E-state index contributed by atoms with van der Waals surface area (Å²) < 4.78 is 5.83. The van der Waals surface area contributed by atoms with Crippen molar-refractivity contribution in [3.8, 4) is 11.8 Å². The summed E-state index contributed by atoms with van der Waals surface area (Å²) in [6, 6.07) is 13.2. The van der Waals surface area contributed by atoms with Gasteiger partial charge in [-0.25, -0.2) is 4.98 Å². The van der Waals surface area contributed by atoms with Crippen LogP contribution in [0.4, 0.5) is 0 Å². The van der Waals surface area contributed by atoms with E-state index in [0.29, 0.717) is 16.5 Å². The number of hydrogen-bond acceptors (Lipinski definition) is 4. The number of benzene rings is 2. The zero-order valence-electron chi connectivity index (χ0n) is 14.5. The maximum Gasteiger partial charge on any atom is 0.259 e. The third-order valence-corrected chi connectivity index (χ3v) is 4.50. The van der Waals surface area contributed by atoms with Gasteiger partial charge >= 0.3 is 0 Å². The van der Waals surface area contributed by atoms with Crippen LogP contribution in [0.1, 0.15) is 29.4 Å². The molecule has 4 rings (SSSR count). The highest BCUT2D eigenvalue weighted by Crippen LogP contribution is 2.34. The van der Waals surface area contributed by atoms with Crippen molar-refractivity contribution in [2.45, 2.75) is 26.4 Å². The molecule has 0 spiro atoms. The third kappa shape index (κ3) is 2.76. The first-order valence-corrected chi connectivity index (χ1v) is 8.46. The minimum atomic E-state index is -0.251. The van der Waals surface area contributed by atoms with Crippen molar-refractivity contribution in [2.75, 3.05) is 0 Å². The molecule has 1 atom stereocenters. The van der Waals surface area contributed by atoms with Gasteiger partial charge in [-0.15, -0.1) is 0 Å².